The summed E-state index contributed by atoms with van der Waals surface area (Å²) in [5, 5.41) is 15.1. The number of pyridine rings is 1. The van der Waals surface area contributed by atoms with Crippen molar-refractivity contribution in [1.29, 1.82) is 0 Å². The van der Waals surface area contributed by atoms with Crippen molar-refractivity contribution in [3.8, 4) is 17.1 Å². The van der Waals surface area contributed by atoms with Crippen LogP contribution >= 0.6 is 22.6 Å². The summed E-state index contributed by atoms with van der Waals surface area (Å²) >= 11 is 2.38. The van der Waals surface area contributed by atoms with Crippen molar-refractivity contribution in [3.63, 3.8) is 0 Å². The Hall–Kier alpha value is -2.77. The first-order valence-corrected chi connectivity index (χ1v) is 14.9. The van der Waals surface area contributed by atoms with Crippen molar-refractivity contribution in [3.05, 3.63) is 44.7 Å². The van der Waals surface area contributed by atoms with Gasteiger partial charge in [-0.25, -0.2) is 9.36 Å². The van der Waals surface area contributed by atoms with Crippen LogP contribution in [0.15, 0.2) is 12.6 Å². The summed E-state index contributed by atoms with van der Waals surface area (Å²) in [5.41, 5.74) is 7.56. The van der Waals surface area contributed by atoms with Crippen molar-refractivity contribution >= 4 is 39.6 Å². The summed E-state index contributed by atoms with van der Waals surface area (Å²) < 4.78 is 19.6. The molecular formula is C29H39IN8O2. The summed E-state index contributed by atoms with van der Waals surface area (Å²) in [6, 6.07) is 2.09. The SMILES string of the molecule is C=Cc1nn(C2CCCCO2)c2c(C)nc(-c3c(C)nn(C)c3O[C@@H](C)CN(C)Cc3c(I)c(C)nn3C)cc12. The van der Waals surface area contributed by atoms with E-state index in [2.05, 4.69) is 59.2 Å². The number of likely N-dealkylation sites (N-methyl/N-ethyl adjacent to an activating group) is 1. The Morgan fingerprint density at radius 2 is 1.90 bits per heavy atom. The lowest BCUT2D eigenvalue weighted by atomic mass is 10.1. The Labute approximate surface area is 249 Å². The van der Waals surface area contributed by atoms with Crippen molar-refractivity contribution in [1.82, 2.24) is 39.2 Å². The van der Waals surface area contributed by atoms with Gasteiger partial charge in [-0.2, -0.15) is 15.3 Å². The monoisotopic (exact) mass is 658 g/mol. The fourth-order valence-corrected chi connectivity index (χ4v) is 6.31. The summed E-state index contributed by atoms with van der Waals surface area (Å²) in [6.07, 6.45) is 4.81. The second kappa shape index (κ2) is 11.6. The Morgan fingerprint density at radius 3 is 2.55 bits per heavy atom. The topological polar surface area (TPSA) is 88.0 Å². The lowest BCUT2D eigenvalue weighted by Gasteiger charge is -2.24. The molecule has 5 rings (SSSR count). The van der Waals surface area contributed by atoms with Crippen molar-refractivity contribution in [2.45, 2.75) is 65.8 Å². The predicted molar refractivity (Wildman–Crippen MR) is 165 cm³/mol. The van der Waals surface area contributed by atoms with Crippen LogP contribution in [-0.2, 0) is 25.4 Å². The van der Waals surface area contributed by atoms with Gasteiger partial charge in [0.25, 0.3) is 0 Å². The number of rotatable bonds is 9. The van der Waals surface area contributed by atoms with E-state index < -0.39 is 0 Å². The van der Waals surface area contributed by atoms with Gasteiger partial charge >= 0.3 is 0 Å². The molecule has 0 amide bonds. The fraction of sp³-hybridized carbons (Fsp3) is 0.517. The van der Waals surface area contributed by atoms with Crippen molar-refractivity contribution in [2.75, 3.05) is 20.2 Å². The molecule has 0 aliphatic carbocycles. The first kappa shape index (κ1) is 28.7. The zero-order chi connectivity index (χ0) is 28.7. The van der Waals surface area contributed by atoms with E-state index in [4.69, 9.17) is 24.7 Å². The van der Waals surface area contributed by atoms with Gasteiger partial charge in [-0.3, -0.25) is 14.6 Å². The third-order valence-corrected chi connectivity index (χ3v) is 8.90. The third kappa shape index (κ3) is 5.42. The van der Waals surface area contributed by atoms with Crippen LogP contribution in [0.2, 0.25) is 0 Å². The minimum atomic E-state index is -0.0784. The van der Waals surface area contributed by atoms with E-state index in [0.29, 0.717) is 5.88 Å². The fourth-order valence-electron chi connectivity index (χ4n) is 5.68. The van der Waals surface area contributed by atoms with E-state index >= 15 is 0 Å². The van der Waals surface area contributed by atoms with Crippen LogP contribution in [0, 0.1) is 24.3 Å². The number of aryl methyl sites for hydroxylation is 5. The smallest absolute Gasteiger partial charge is 0.221 e. The minimum absolute atomic E-state index is 0.0771. The van der Waals surface area contributed by atoms with Crippen molar-refractivity contribution < 1.29 is 9.47 Å². The van der Waals surface area contributed by atoms with Gasteiger partial charge in [0.05, 0.1) is 48.8 Å². The van der Waals surface area contributed by atoms with Gasteiger partial charge in [0.15, 0.2) is 6.23 Å². The average molecular weight is 659 g/mol. The number of halogens is 1. The molecule has 214 valence electrons. The van der Waals surface area contributed by atoms with Gasteiger partial charge in [-0.15, -0.1) is 0 Å². The molecule has 1 fully saturated rings. The van der Waals surface area contributed by atoms with Crippen LogP contribution in [-0.4, -0.2) is 65.5 Å². The van der Waals surface area contributed by atoms with Crippen LogP contribution in [0.1, 0.15) is 60.9 Å². The number of fused-ring (bicyclic) bond motifs is 1. The van der Waals surface area contributed by atoms with Gasteiger partial charge in [-0.1, -0.05) is 6.58 Å². The molecule has 1 unspecified atom stereocenters. The average Bonchev–Trinajstić information content (AvgIpc) is 3.51. The lowest BCUT2D eigenvalue weighted by Crippen LogP contribution is -2.32. The van der Waals surface area contributed by atoms with Gasteiger partial charge in [0.1, 0.15) is 6.10 Å². The molecule has 1 aliphatic heterocycles. The molecule has 0 aromatic carbocycles. The number of hydrogen-bond donors (Lipinski definition) is 0. The highest BCUT2D eigenvalue weighted by Crippen LogP contribution is 2.37. The highest BCUT2D eigenvalue weighted by Gasteiger charge is 2.26. The van der Waals surface area contributed by atoms with E-state index in [-0.39, 0.29) is 12.3 Å². The molecule has 4 aromatic heterocycles. The summed E-state index contributed by atoms with van der Waals surface area (Å²) in [7, 11) is 6.03. The van der Waals surface area contributed by atoms with Crippen LogP contribution in [0.4, 0.5) is 0 Å². The third-order valence-electron chi connectivity index (χ3n) is 7.50. The van der Waals surface area contributed by atoms with Crippen LogP contribution in [0.5, 0.6) is 5.88 Å². The predicted octanol–water partition coefficient (Wildman–Crippen LogP) is 5.34. The largest absolute Gasteiger partial charge is 0.473 e. The molecule has 0 saturated carbocycles. The highest BCUT2D eigenvalue weighted by atomic mass is 127. The summed E-state index contributed by atoms with van der Waals surface area (Å²) in [5.74, 6) is 0.707. The Kier molecular flexibility index (Phi) is 8.35. The van der Waals surface area contributed by atoms with Crippen LogP contribution in [0.25, 0.3) is 28.2 Å². The van der Waals surface area contributed by atoms with Gasteiger partial charge in [-0.05, 0) is 88.7 Å². The molecule has 0 spiro atoms. The van der Waals surface area contributed by atoms with Crippen LogP contribution < -0.4 is 4.74 Å². The number of hydrogen-bond acceptors (Lipinski definition) is 7. The minimum Gasteiger partial charge on any atom is -0.473 e. The van der Waals surface area contributed by atoms with E-state index in [1.165, 1.54) is 9.26 Å². The molecule has 5 heterocycles. The van der Waals surface area contributed by atoms with Crippen molar-refractivity contribution in [2.24, 2.45) is 14.1 Å². The molecule has 11 heteroatoms. The quantitative estimate of drug-likeness (QED) is 0.225. The zero-order valence-electron chi connectivity index (χ0n) is 24.5. The van der Waals surface area contributed by atoms with Crippen LogP contribution in [0.3, 0.4) is 0 Å². The first-order chi connectivity index (χ1) is 19.1. The molecule has 1 saturated heterocycles. The number of ether oxygens (including phenoxy) is 2. The molecule has 10 nitrogen and oxygen atoms in total. The maximum absolute atomic E-state index is 6.57. The van der Waals surface area contributed by atoms with Gasteiger partial charge in [0, 0.05) is 39.2 Å². The summed E-state index contributed by atoms with van der Waals surface area (Å²) in [6.45, 7) is 14.5. The lowest BCUT2D eigenvalue weighted by molar-refractivity contribution is -0.0368. The first-order valence-electron chi connectivity index (χ1n) is 13.8. The summed E-state index contributed by atoms with van der Waals surface area (Å²) in [4.78, 5) is 7.31. The van der Waals surface area contributed by atoms with E-state index in [1.807, 2.05) is 48.9 Å². The highest BCUT2D eigenvalue weighted by molar-refractivity contribution is 14.1. The van der Waals surface area contributed by atoms with Gasteiger partial charge < -0.3 is 9.47 Å². The Morgan fingerprint density at radius 1 is 1.15 bits per heavy atom. The van der Waals surface area contributed by atoms with Gasteiger partial charge in [0.2, 0.25) is 5.88 Å². The van der Waals surface area contributed by atoms with E-state index in [9.17, 15) is 0 Å². The molecular weight excluding hydrogens is 619 g/mol. The maximum atomic E-state index is 6.57. The molecule has 4 aromatic rings. The molecule has 2 atom stereocenters. The molecule has 0 N–H and O–H groups in total. The number of aromatic nitrogens is 7. The molecule has 1 aliphatic rings. The second-order valence-corrected chi connectivity index (χ2v) is 11.9. The zero-order valence-corrected chi connectivity index (χ0v) is 26.7. The van der Waals surface area contributed by atoms with E-state index in [1.54, 1.807) is 6.08 Å². The van der Waals surface area contributed by atoms with E-state index in [0.717, 1.165) is 83.9 Å². The second-order valence-electron chi connectivity index (χ2n) is 10.8. The molecule has 0 radical (unpaired) electrons. The number of nitrogens with zero attached hydrogens (tertiary/aromatic N) is 8. The molecule has 0 bridgehead atoms. The normalized spacial score (nSPS) is 16.7. The maximum Gasteiger partial charge on any atom is 0.221 e. The Bertz CT molecular complexity index is 1550. The standard InChI is InChI=1S/C29H39IN8O2/c1-9-22-21-14-23(31-20(5)28(21)38(34-22)25-12-10-11-13-39-25)26-18(3)32-37(8)29(26)40-17(2)15-35(6)16-24-27(30)19(4)33-36(24)7/h9,14,17,25H,1,10-13,15-16H2,2-8H3/t17-,25?/m0/s1. The molecule has 40 heavy (non-hydrogen) atoms. The Balaban J connectivity index is 1.43.